The van der Waals surface area contributed by atoms with Gasteiger partial charge in [0.15, 0.2) is 0 Å². The predicted molar refractivity (Wildman–Crippen MR) is 210 cm³/mol. The Hall–Kier alpha value is -4.75. The summed E-state index contributed by atoms with van der Waals surface area (Å²) >= 11 is 14.3. The number of carbonyl (C=O) groups excluding carboxylic acids is 2. The van der Waals surface area contributed by atoms with E-state index in [9.17, 15) is 19.5 Å². The second-order valence-corrected chi connectivity index (χ2v) is 15.0. The molecule has 2 amide bonds. The normalized spacial score (nSPS) is 17.7. The van der Waals surface area contributed by atoms with Gasteiger partial charge in [-0.25, -0.2) is 4.98 Å². The second-order valence-electron chi connectivity index (χ2n) is 14.2. The van der Waals surface area contributed by atoms with Gasteiger partial charge in [-0.05, 0) is 55.5 Å². The third kappa shape index (κ3) is 8.00. The highest BCUT2D eigenvalue weighted by molar-refractivity contribution is 6.39. The highest BCUT2D eigenvalue weighted by Gasteiger charge is 2.38. The van der Waals surface area contributed by atoms with Crippen LogP contribution in [0, 0.1) is 0 Å². The van der Waals surface area contributed by atoms with Gasteiger partial charge in [0.25, 0.3) is 0 Å². The van der Waals surface area contributed by atoms with Crippen LogP contribution in [0.2, 0.25) is 10.0 Å². The Balaban J connectivity index is 1.11. The molecule has 288 valence electrons. The van der Waals surface area contributed by atoms with Crippen LogP contribution in [-0.2, 0) is 33.9 Å². The van der Waals surface area contributed by atoms with Crippen molar-refractivity contribution in [3.05, 3.63) is 81.5 Å². The number of methoxy groups -OCH3 is 2. The smallest absolute Gasteiger partial charge is 0.323 e. The maximum absolute atomic E-state index is 13.0. The van der Waals surface area contributed by atoms with Gasteiger partial charge in [-0.3, -0.25) is 24.3 Å². The Labute approximate surface area is 330 Å². The summed E-state index contributed by atoms with van der Waals surface area (Å²) in [7, 11) is 3.23. The van der Waals surface area contributed by atoms with Crippen LogP contribution in [0.3, 0.4) is 0 Å². The first-order valence-electron chi connectivity index (χ1n) is 18.5. The van der Waals surface area contributed by atoms with Crippen molar-refractivity contribution in [1.82, 2.24) is 30.0 Å². The van der Waals surface area contributed by atoms with E-state index in [1.165, 1.54) is 4.90 Å². The third-order valence-electron chi connectivity index (χ3n) is 11.0. The summed E-state index contributed by atoms with van der Waals surface area (Å²) in [5.74, 6) is 0.150. The SMILES string of the molecule is COc1cc(-c2nccc(-c3cccc(-c4ccc(CNC5CCN(C(C)=O)CC5)c(OC)n4)c3Cl)c2Cl)cc2c1CN(C1CCN(CC(=O)O)C1=O)CC2. The number of hydrogen-bond donors (Lipinski definition) is 2. The van der Waals surface area contributed by atoms with Gasteiger partial charge in [0.2, 0.25) is 17.7 Å². The minimum atomic E-state index is -1.01. The van der Waals surface area contributed by atoms with Crippen LogP contribution in [-0.4, -0.2) is 107 Å². The van der Waals surface area contributed by atoms with E-state index in [1.54, 1.807) is 27.3 Å². The monoisotopic (exact) mass is 786 g/mol. The minimum absolute atomic E-state index is 0.119. The van der Waals surface area contributed by atoms with E-state index >= 15 is 0 Å². The maximum Gasteiger partial charge on any atom is 0.323 e. The predicted octanol–water partition coefficient (Wildman–Crippen LogP) is 5.95. The number of pyridine rings is 2. The number of benzene rings is 2. The molecule has 14 heteroatoms. The molecule has 12 nitrogen and oxygen atoms in total. The zero-order valence-corrected chi connectivity index (χ0v) is 32.6. The number of fused-ring (bicyclic) bond motifs is 1. The molecule has 2 aromatic heterocycles. The number of likely N-dealkylation sites (tertiary alicyclic amines) is 2. The van der Waals surface area contributed by atoms with Gasteiger partial charge in [0.05, 0.1) is 41.7 Å². The summed E-state index contributed by atoms with van der Waals surface area (Å²) in [6.07, 6.45) is 4.78. The molecule has 3 aliphatic heterocycles. The average Bonchev–Trinajstić information content (AvgIpc) is 3.55. The van der Waals surface area contributed by atoms with Crippen LogP contribution in [0.4, 0.5) is 0 Å². The number of rotatable bonds is 11. The minimum Gasteiger partial charge on any atom is -0.496 e. The maximum atomic E-state index is 13.0. The van der Waals surface area contributed by atoms with Gasteiger partial charge in [-0.1, -0.05) is 47.5 Å². The van der Waals surface area contributed by atoms with Crippen LogP contribution in [0.25, 0.3) is 33.6 Å². The highest BCUT2D eigenvalue weighted by Crippen LogP contribution is 2.43. The van der Waals surface area contributed by atoms with Crippen molar-refractivity contribution in [3.63, 3.8) is 0 Å². The molecule has 1 unspecified atom stereocenters. The lowest BCUT2D eigenvalue weighted by molar-refractivity contribution is -0.144. The number of carboxylic acids is 1. The number of nitrogens with zero attached hydrogens (tertiary/aromatic N) is 5. The lowest BCUT2D eigenvalue weighted by atomic mass is 9.93. The van der Waals surface area contributed by atoms with Crippen molar-refractivity contribution in [2.45, 2.75) is 57.8 Å². The summed E-state index contributed by atoms with van der Waals surface area (Å²) < 4.78 is 11.6. The van der Waals surface area contributed by atoms with Crippen molar-refractivity contribution in [2.75, 3.05) is 46.9 Å². The van der Waals surface area contributed by atoms with E-state index in [0.717, 1.165) is 64.9 Å². The number of piperidine rings is 1. The third-order valence-corrected chi connectivity index (χ3v) is 11.8. The first-order chi connectivity index (χ1) is 26.6. The summed E-state index contributed by atoms with van der Waals surface area (Å²) in [6, 6.07) is 15.5. The molecule has 3 aliphatic rings. The summed E-state index contributed by atoms with van der Waals surface area (Å²) in [5.41, 5.74) is 7.23. The fraction of sp³-hybridized carbons (Fsp3) is 0.390. The van der Waals surface area contributed by atoms with E-state index in [4.69, 9.17) is 42.6 Å². The first-order valence-corrected chi connectivity index (χ1v) is 19.2. The van der Waals surface area contributed by atoms with Crippen molar-refractivity contribution in [3.8, 4) is 45.3 Å². The van der Waals surface area contributed by atoms with Gasteiger partial charge in [-0.2, -0.15) is 0 Å². The summed E-state index contributed by atoms with van der Waals surface area (Å²) in [5, 5.41) is 13.7. The number of aromatic nitrogens is 2. The average molecular weight is 788 g/mol. The van der Waals surface area contributed by atoms with Crippen LogP contribution >= 0.6 is 23.2 Å². The van der Waals surface area contributed by atoms with Gasteiger partial charge in [-0.15, -0.1) is 0 Å². The van der Waals surface area contributed by atoms with E-state index < -0.39 is 5.97 Å². The van der Waals surface area contributed by atoms with E-state index in [0.29, 0.717) is 78.1 Å². The standard InChI is InChI=1S/C41H44Cl2N6O6/c1-24(50)47-16-11-28(12-17-47)45-21-26-7-8-33(46-40(26)55-3)31-6-4-5-29(37(31)42)30-9-14-44-39(38(30)43)27-19-25-10-15-48(22-32(25)35(20-27)54-2)34-13-18-49(41(34)53)23-36(51)52/h4-9,14,19-20,28,34,45H,10-13,15-18,21-23H2,1-3H3,(H,51,52). The number of amides is 2. The largest absolute Gasteiger partial charge is 0.496 e. The Bertz CT molecular complexity index is 2110. The quantitative estimate of drug-likeness (QED) is 0.188. The molecule has 1 atom stereocenters. The van der Waals surface area contributed by atoms with E-state index in [1.807, 2.05) is 47.4 Å². The van der Waals surface area contributed by atoms with Crippen LogP contribution in [0.5, 0.6) is 11.6 Å². The lowest BCUT2D eigenvalue weighted by Crippen LogP contribution is -2.45. The first kappa shape index (κ1) is 38.5. The molecule has 4 aromatic rings. The molecule has 55 heavy (non-hydrogen) atoms. The van der Waals surface area contributed by atoms with Crippen molar-refractivity contribution in [2.24, 2.45) is 0 Å². The van der Waals surface area contributed by atoms with Crippen LogP contribution in [0.1, 0.15) is 42.9 Å². The molecule has 7 rings (SSSR count). The van der Waals surface area contributed by atoms with E-state index in [-0.39, 0.29) is 24.4 Å². The van der Waals surface area contributed by atoms with Crippen molar-refractivity contribution in [1.29, 1.82) is 0 Å². The fourth-order valence-electron chi connectivity index (χ4n) is 7.99. The van der Waals surface area contributed by atoms with E-state index in [2.05, 4.69) is 16.3 Å². The molecule has 2 fully saturated rings. The van der Waals surface area contributed by atoms with Crippen molar-refractivity contribution >= 4 is 41.0 Å². The molecule has 0 saturated carbocycles. The number of carboxylic acid groups (broad SMARTS) is 1. The molecular weight excluding hydrogens is 743 g/mol. The van der Waals surface area contributed by atoms with Gasteiger partial charge in [0, 0.05) is 91.8 Å². The van der Waals surface area contributed by atoms with Crippen molar-refractivity contribution < 1.29 is 29.0 Å². The number of ether oxygens (including phenoxy) is 2. The summed E-state index contributed by atoms with van der Waals surface area (Å²) in [4.78, 5) is 50.9. The van der Waals surface area contributed by atoms with Gasteiger partial charge >= 0.3 is 5.97 Å². The van der Waals surface area contributed by atoms with Gasteiger partial charge < -0.3 is 29.7 Å². The molecule has 0 spiro atoms. The topological polar surface area (TPSA) is 137 Å². The number of aliphatic carboxylic acids is 1. The molecule has 0 bridgehead atoms. The Morgan fingerprint density at radius 1 is 0.945 bits per heavy atom. The molecule has 2 N–H and O–H groups in total. The Morgan fingerprint density at radius 3 is 2.44 bits per heavy atom. The Morgan fingerprint density at radius 2 is 1.71 bits per heavy atom. The zero-order valence-electron chi connectivity index (χ0n) is 31.1. The number of halogens is 2. The summed E-state index contributed by atoms with van der Waals surface area (Å²) in [6.45, 7) is 5.02. The molecule has 5 heterocycles. The van der Waals surface area contributed by atoms with Crippen LogP contribution in [0.15, 0.2) is 54.7 Å². The number of carbonyl (C=O) groups is 3. The van der Waals surface area contributed by atoms with Crippen LogP contribution < -0.4 is 14.8 Å². The zero-order chi connectivity index (χ0) is 38.8. The molecule has 2 aromatic carbocycles. The lowest BCUT2D eigenvalue weighted by Gasteiger charge is -2.33. The number of nitrogens with one attached hydrogen (secondary N) is 1. The second kappa shape index (κ2) is 16.5. The number of hydrogen-bond acceptors (Lipinski definition) is 9. The molecule has 0 aliphatic carbocycles. The fourth-order valence-corrected chi connectivity index (χ4v) is 8.64. The Kier molecular flexibility index (Phi) is 11.6. The highest BCUT2D eigenvalue weighted by atomic mass is 35.5. The van der Waals surface area contributed by atoms with Gasteiger partial charge in [0.1, 0.15) is 12.3 Å². The molecular formula is C41H44Cl2N6O6. The molecule has 0 radical (unpaired) electrons. The molecule has 2 saturated heterocycles.